The summed E-state index contributed by atoms with van der Waals surface area (Å²) in [6.45, 7) is -0.0106. The zero-order valence-electron chi connectivity index (χ0n) is 13.9. The third-order valence-corrected chi connectivity index (χ3v) is 8.23. The Morgan fingerprint density at radius 1 is 1.08 bits per heavy atom. The topological polar surface area (TPSA) is 72.5 Å². The third-order valence-electron chi connectivity index (χ3n) is 3.83. The number of amides is 1. The lowest BCUT2D eigenvalue weighted by molar-refractivity contribution is 0.0957. The first-order chi connectivity index (χ1) is 12.5. The Balaban J connectivity index is 1.89. The zero-order chi connectivity index (χ0) is 18.6. The predicted octanol–water partition coefficient (Wildman–Crippen LogP) is 3.76. The van der Waals surface area contributed by atoms with Gasteiger partial charge in [-0.15, -0.1) is 22.7 Å². The van der Waals surface area contributed by atoms with E-state index in [1.807, 2.05) is 0 Å². The molecule has 8 heteroatoms. The molecule has 0 aliphatic carbocycles. The van der Waals surface area contributed by atoms with Crippen LogP contribution in [0.2, 0.25) is 0 Å². The fourth-order valence-electron chi connectivity index (χ4n) is 2.47. The summed E-state index contributed by atoms with van der Waals surface area (Å²) in [5, 5.41) is 5.40. The van der Waals surface area contributed by atoms with Crippen LogP contribution in [0.4, 0.5) is 0 Å². The molecule has 26 heavy (non-hydrogen) atoms. The number of carbonyl (C=O) groups is 1. The van der Waals surface area contributed by atoms with Gasteiger partial charge in [0.25, 0.3) is 5.91 Å². The molecule has 0 fully saturated rings. The van der Waals surface area contributed by atoms with Gasteiger partial charge >= 0.3 is 0 Å². The maximum absolute atomic E-state index is 13.1. The van der Waals surface area contributed by atoms with Crippen LogP contribution < -0.4 is 10.1 Å². The number of thiophene rings is 2. The largest absolute Gasteiger partial charge is 0.497 e. The van der Waals surface area contributed by atoms with E-state index in [-0.39, 0.29) is 16.7 Å². The Morgan fingerprint density at radius 2 is 1.77 bits per heavy atom. The van der Waals surface area contributed by atoms with E-state index < -0.39 is 15.1 Å². The highest BCUT2D eigenvalue weighted by Crippen LogP contribution is 2.32. The average Bonchev–Trinajstić information content (AvgIpc) is 3.36. The molecule has 0 aliphatic rings. The molecular formula is C18H17NO4S3. The molecule has 3 rings (SSSR count). The molecule has 1 atom stereocenters. The van der Waals surface area contributed by atoms with Gasteiger partial charge in [-0.1, -0.05) is 24.3 Å². The van der Waals surface area contributed by atoms with E-state index in [4.69, 9.17) is 4.74 Å². The van der Waals surface area contributed by atoms with Crippen molar-refractivity contribution in [1.29, 1.82) is 0 Å². The first-order valence-corrected chi connectivity index (χ1v) is 11.1. The van der Waals surface area contributed by atoms with Gasteiger partial charge in [-0.25, -0.2) is 8.42 Å². The van der Waals surface area contributed by atoms with Crippen LogP contribution in [0.25, 0.3) is 0 Å². The van der Waals surface area contributed by atoms with Gasteiger partial charge in [0.2, 0.25) is 0 Å². The average molecular weight is 408 g/mol. The molecule has 136 valence electrons. The van der Waals surface area contributed by atoms with E-state index in [0.29, 0.717) is 16.2 Å². The molecule has 5 nitrogen and oxygen atoms in total. The summed E-state index contributed by atoms with van der Waals surface area (Å²) in [6, 6.07) is 13.6. The third kappa shape index (κ3) is 3.98. The second-order valence-electron chi connectivity index (χ2n) is 5.43. The molecular weight excluding hydrogens is 390 g/mol. The molecule has 0 saturated heterocycles. The predicted molar refractivity (Wildman–Crippen MR) is 104 cm³/mol. The lowest BCUT2D eigenvalue weighted by atomic mass is 10.1. The van der Waals surface area contributed by atoms with Crippen LogP contribution in [0.3, 0.4) is 0 Å². The van der Waals surface area contributed by atoms with Crippen LogP contribution in [-0.4, -0.2) is 28.0 Å². The minimum Gasteiger partial charge on any atom is -0.497 e. The second kappa shape index (κ2) is 8.03. The monoisotopic (exact) mass is 407 g/mol. The van der Waals surface area contributed by atoms with Crippen molar-refractivity contribution in [1.82, 2.24) is 5.32 Å². The number of ether oxygens (including phenoxy) is 1. The Labute approximate surface area is 160 Å². The Bertz CT molecular complexity index is 947. The SMILES string of the molecule is COc1ccc([C@H](CNC(=O)c2cccs2)S(=O)(=O)c2cccs2)cc1. The minimum absolute atomic E-state index is 0.0106. The number of benzene rings is 1. The van der Waals surface area contributed by atoms with Gasteiger partial charge in [0.15, 0.2) is 9.84 Å². The van der Waals surface area contributed by atoms with Gasteiger partial charge in [-0.3, -0.25) is 4.79 Å². The molecule has 2 heterocycles. The minimum atomic E-state index is -3.63. The quantitative estimate of drug-likeness (QED) is 0.647. The molecule has 1 amide bonds. The molecule has 0 bridgehead atoms. The number of sulfone groups is 1. The summed E-state index contributed by atoms with van der Waals surface area (Å²) >= 11 is 2.48. The van der Waals surface area contributed by atoms with Crippen molar-refractivity contribution in [2.45, 2.75) is 9.46 Å². The van der Waals surface area contributed by atoms with E-state index in [1.54, 1.807) is 66.4 Å². The maximum Gasteiger partial charge on any atom is 0.261 e. The Hall–Kier alpha value is -2.16. The van der Waals surface area contributed by atoms with Gasteiger partial charge in [0.05, 0.1) is 12.0 Å². The van der Waals surface area contributed by atoms with Gasteiger partial charge in [-0.05, 0) is 40.6 Å². The number of nitrogens with one attached hydrogen (secondary N) is 1. The smallest absolute Gasteiger partial charge is 0.261 e. The Morgan fingerprint density at radius 3 is 2.35 bits per heavy atom. The van der Waals surface area contributed by atoms with Crippen LogP contribution in [-0.2, 0) is 9.84 Å². The van der Waals surface area contributed by atoms with Gasteiger partial charge < -0.3 is 10.1 Å². The molecule has 0 saturated carbocycles. The van der Waals surface area contributed by atoms with Crippen LogP contribution >= 0.6 is 22.7 Å². The zero-order valence-corrected chi connectivity index (χ0v) is 16.4. The summed E-state index contributed by atoms with van der Waals surface area (Å²) in [4.78, 5) is 12.8. The van der Waals surface area contributed by atoms with Crippen molar-refractivity contribution in [2.75, 3.05) is 13.7 Å². The highest BCUT2D eigenvalue weighted by molar-refractivity contribution is 7.93. The number of hydrogen-bond donors (Lipinski definition) is 1. The summed E-state index contributed by atoms with van der Waals surface area (Å²) in [7, 11) is -2.08. The fourth-order valence-corrected chi connectivity index (χ4v) is 5.98. The normalized spacial score (nSPS) is 12.5. The number of carbonyl (C=O) groups excluding carboxylic acids is 1. The van der Waals surface area contributed by atoms with Crippen molar-refractivity contribution >= 4 is 38.4 Å². The van der Waals surface area contributed by atoms with E-state index in [2.05, 4.69) is 5.32 Å². The summed E-state index contributed by atoms with van der Waals surface area (Å²) in [6.07, 6.45) is 0. The van der Waals surface area contributed by atoms with Crippen LogP contribution in [0.1, 0.15) is 20.5 Å². The Kier molecular flexibility index (Phi) is 5.75. The van der Waals surface area contributed by atoms with Gasteiger partial charge in [0, 0.05) is 6.54 Å². The summed E-state index contributed by atoms with van der Waals surface area (Å²) < 4.78 is 31.6. The molecule has 2 aromatic heterocycles. The van der Waals surface area contributed by atoms with Crippen molar-refractivity contribution < 1.29 is 17.9 Å². The molecule has 1 N–H and O–H groups in total. The van der Waals surface area contributed by atoms with Crippen molar-refractivity contribution in [3.63, 3.8) is 0 Å². The number of rotatable bonds is 7. The van der Waals surface area contributed by atoms with Crippen LogP contribution in [0.15, 0.2) is 63.5 Å². The van der Waals surface area contributed by atoms with Crippen molar-refractivity contribution in [3.8, 4) is 5.75 Å². The van der Waals surface area contributed by atoms with E-state index >= 15 is 0 Å². The van der Waals surface area contributed by atoms with E-state index in [1.165, 1.54) is 22.7 Å². The van der Waals surface area contributed by atoms with Crippen molar-refractivity contribution in [3.05, 3.63) is 69.7 Å². The van der Waals surface area contributed by atoms with Gasteiger partial charge in [-0.2, -0.15) is 0 Å². The molecule has 0 spiro atoms. The first-order valence-electron chi connectivity index (χ1n) is 7.75. The fraction of sp³-hybridized carbons (Fsp3) is 0.167. The highest BCUT2D eigenvalue weighted by Gasteiger charge is 2.30. The van der Waals surface area contributed by atoms with Gasteiger partial charge in [0.1, 0.15) is 15.2 Å². The van der Waals surface area contributed by atoms with Crippen LogP contribution in [0, 0.1) is 0 Å². The molecule has 3 aromatic rings. The maximum atomic E-state index is 13.1. The van der Waals surface area contributed by atoms with Crippen LogP contribution in [0.5, 0.6) is 5.75 Å². The standard InChI is InChI=1S/C18H17NO4S3/c1-23-14-8-6-13(7-9-14)16(26(21,22)17-5-3-11-25-17)12-19-18(20)15-4-2-10-24-15/h2-11,16H,12H2,1H3,(H,19,20)/t16-/m0/s1. The summed E-state index contributed by atoms with van der Waals surface area (Å²) in [5.41, 5.74) is 0.602. The van der Waals surface area contributed by atoms with E-state index in [0.717, 1.165) is 0 Å². The first kappa shape index (κ1) is 18.6. The lowest BCUT2D eigenvalue weighted by Crippen LogP contribution is -2.31. The molecule has 0 aliphatic heterocycles. The second-order valence-corrected chi connectivity index (χ2v) is 9.68. The summed E-state index contributed by atoms with van der Waals surface area (Å²) in [5.74, 6) is 0.364. The lowest BCUT2D eigenvalue weighted by Gasteiger charge is -2.18. The molecule has 1 aromatic carbocycles. The number of hydrogen-bond acceptors (Lipinski definition) is 6. The highest BCUT2D eigenvalue weighted by atomic mass is 32.2. The molecule has 0 unspecified atom stereocenters. The van der Waals surface area contributed by atoms with Crippen molar-refractivity contribution in [2.24, 2.45) is 0 Å². The molecule has 0 radical (unpaired) electrons. The van der Waals surface area contributed by atoms with E-state index in [9.17, 15) is 13.2 Å². The number of methoxy groups -OCH3 is 1.